The van der Waals surface area contributed by atoms with Gasteiger partial charge < -0.3 is 0 Å². The smallest absolute Gasteiger partial charge is 0.0193 e. The Kier molecular flexibility index (Phi) is 3.58. The van der Waals surface area contributed by atoms with E-state index in [-0.39, 0.29) is 0 Å². The van der Waals surface area contributed by atoms with Gasteiger partial charge in [0.2, 0.25) is 0 Å². The molecule has 1 unspecified atom stereocenters. The highest BCUT2D eigenvalue weighted by atomic mass is 14.2. The zero-order chi connectivity index (χ0) is 8.97. The van der Waals surface area contributed by atoms with Crippen molar-refractivity contribution < 1.29 is 0 Å². The number of allylic oxidation sites excluding steroid dienone is 4. The molecule has 0 N–H and O–H groups in total. The van der Waals surface area contributed by atoms with Crippen LogP contribution < -0.4 is 0 Å². The number of rotatable bonds is 3. The molecule has 1 aliphatic carbocycles. The van der Waals surface area contributed by atoms with Gasteiger partial charge >= 0.3 is 0 Å². The van der Waals surface area contributed by atoms with Gasteiger partial charge in [-0.25, -0.2) is 0 Å². The summed E-state index contributed by atoms with van der Waals surface area (Å²) in [5.74, 6) is 1.55. The molecule has 1 aliphatic rings. The molecule has 12 heavy (non-hydrogen) atoms. The average molecular weight is 164 g/mol. The van der Waals surface area contributed by atoms with Crippen LogP contribution in [0.3, 0.4) is 0 Å². The first-order chi connectivity index (χ1) is 5.74. The van der Waals surface area contributed by atoms with Crippen molar-refractivity contribution in [1.29, 1.82) is 0 Å². The predicted octanol–water partition coefficient (Wildman–Crippen LogP) is 3.95. The molecule has 0 spiro atoms. The normalized spacial score (nSPS) is 23.0. The SMILES string of the molecule is CCCC1C=CC=C(C(C)C)C1. The van der Waals surface area contributed by atoms with Crippen LogP contribution in [0.5, 0.6) is 0 Å². The maximum Gasteiger partial charge on any atom is -0.0193 e. The van der Waals surface area contributed by atoms with E-state index in [2.05, 4.69) is 39.0 Å². The van der Waals surface area contributed by atoms with Crippen LogP contribution in [0.4, 0.5) is 0 Å². The zero-order valence-electron chi connectivity index (χ0n) is 8.51. The van der Waals surface area contributed by atoms with Crippen LogP contribution in [0.15, 0.2) is 23.8 Å². The van der Waals surface area contributed by atoms with E-state index in [0.29, 0.717) is 0 Å². The first-order valence-electron chi connectivity index (χ1n) is 5.11. The van der Waals surface area contributed by atoms with Gasteiger partial charge in [-0.15, -0.1) is 0 Å². The first-order valence-corrected chi connectivity index (χ1v) is 5.11. The molecule has 0 aliphatic heterocycles. The maximum atomic E-state index is 2.36. The standard InChI is InChI=1S/C12H20/c1-4-6-11-7-5-8-12(9-11)10(2)3/h5,7-8,10-11H,4,6,9H2,1-3H3. The Morgan fingerprint density at radius 3 is 2.83 bits per heavy atom. The zero-order valence-corrected chi connectivity index (χ0v) is 8.51. The Labute approximate surface area is 76.4 Å². The second-order valence-corrected chi connectivity index (χ2v) is 4.03. The van der Waals surface area contributed by atoms with Crippen molar-refractivity contribution in [3.05, 3.63) is 23.8 Å². The van der Waals surface area contributed by atoms with E-state index in [0.717, 1.165) is 11.8 Å². The van der Waals surface area contributed by atoms with E-state index in [1.165, 1.54) is 19.3 Å². The van der Waals surface area contributed by atoms with E-state index in [9.17, 15) is 0 Å². The Balaban J connectivity index is 2.49. The summed E-state index contributed by atoms with van der Waals surface area (Å²) in [6.45, 7) is 6.84. The molecule has 0 nitrogen and oxygen atoms in total. The third kappa shape index (κ3) is 2.51. The van der Waals surface area contributed by atoms with Crippen molar-refractivity contribution in [2.45, 2.75) is 40.0 Å². The van der Waals surface area contributed by atoms with Crippen molar-refractivity contribution in [1.82, 2.24) is 0 Å². The molecule has 0 heterocycles. The summed E-state index contributed by atoms with van der Waals surface area (Å²) in [5.41, 5.74) is 1.62. The van der Waals surface area contributed by atoms with E-state index < -0.39 is 0 Å². The second-order valence-electron chi connectivity index (χ2n) is 4.03. The van der Waals surface area contributed by atoms with Crippen LogP contribution in [0.2, 0.25) is 0 Å². The van der Waals surface area contributed by atoms with Crippen LogP contribution in [0.1, 0.15) is 40.0 Å². The van der Waals surface area contributed by atoms with Crippen molar-refractivity contribution in [2.24, 2.45) is 11.8 Å². The van der Waals surface area contributed by atoms with Gasteiger partial charge in [0.1, 0.15) is 0 Å². The molecule has 1 atom stereocenters. The molecule has 0 saturated carbocycles. The fourth-order valence-corrected chi connectivity index (χ4v) is 1.77. The minimum atomic E-state index is 0.731. The van der Waals surface area contributed by atoms with Gasteiger partial charge in [0.05, 0.1) is 0 Å². The predicted molar refractivity (Wildman–Crippen MR) is 55.1 cm³/mol. The van der Waals surface area contributed by atoms with E-state index in [4.69, 9.17) is 0 Å². The highest BCUT2D eigenvalue weighted by molar-refractivity contribution is 5.21. The molecule has 0 aromatic heterocycles. The van der Waals surface area contributed by atoms with Crippen molar-refractivity contribution in [2.75, 3.05) is 0 Å². The monoisotopic (exact) mass is 164 g/mol. The third-order valence-electron chi connectivity index (χ3n) is 2.59. The molecule has 68 valence electrons. The van der Waals surface area contributed by atoms with Gasteiger partial charge in [-0.3, -0.25) is 0 Å². The summed E-state index contributed by atoms with van der Waals surface area (Å²) < 4.78 is 0. The second kappa shape index (κ2) is 4.49. The van der Waals surface area contributed by atoms with E-state index in [1.54, 1.807) is 5.57 Å². The summed E-state index contributed by atoms with van der Waals surface area (Å²) in [6, 6.07) is 0. The molecule has 0 radical (unpaired) electrons. The lowest BCUT2D eigenvalue weighted by Gasteiger charge is -2.20. The van der Waals surface area contributed by atoms with E-state index in [1.807, 2.05) is 0 Å². The minimum Gasteiger partial charge on any atom is -0.0811 e. The van der Waals surface area contributed by atoms with Crippen LogP contribution in [-0.4, -0.2) is 0 Å². The minimum absolute atomic E-state index is 0.731. The molecule has 0 fully saturated rings. The molecular formula is C12H20. The number of hydrogen-bond acceptors (Lipinski definition) is 0. The lowest BCUT2D eigenvalue weighted by Crippen LogP contribution is -2.05. The summed E-state index contributed by atoms with van der Waals surface area (Å²) in [5, 5.41) is 0. The first kappa shape index (κ1) is 9.57. The van der Waals surface area contributed by atoms with Crippen LogP contribution in [-0.2, 0) is 0 Å². The molecular weight excluding hydrogens is 144 g/mol. The summed E-state index contributed by atoms with van der Waals surface area (Å²) >= 11 is 0. The van der Waals surface area contributed by atoms with Gasteiger partial charge in [0.15, 0.2) is 0 Å². The third-order valence-corrected chi connectivity index (χ3v) is 2.59. The highest BCUT2D eigenvalue weighted by Crippen LogP contribution is 2.26. The lowest BCUT2D eigenvalue weighted by atomic mass is 9.86. The topological polar surface area (TPSA) is 0 Å². The molecule has 1 rings (SSSR count). The van der Waals surface area contributed by atoms with Gasteiger partial charge in [0.25, 0.3) is 0 Å². The molecule has 0 heteroatoms. The lowest BCUT2D eigenvalue weighted by molar-refractivity contribution is 0.538. The van der Waals surface area contributed by atoms with Crippen LogP contribution >= 0.6 is 0 Å². The molecule has 0 aromatic rings. The van der Waals surface area contributed by atoms with Crippen molar-refractivity contribution >= 4 is 0 Å². The Morgan fingerprint density at radius 2 is 2.25 bits per heavy atom. The largest absolute Gasteiger partial charge is 0.0811 e. The molecule has 0 amide bonds. The van der Waals surface area contributed by atoms with Crippen molar-refractivity contribution in [3.8, 4) is 0 Å². The Morgan fingerprint density at radius 1 is 1.50 bits per heavy atom. The maximum absolute atomic E-state index is 2.36. The quantitative estimate of drug-likeness (QED) is 0.592. The molecule has 0 bridgehead atoms. The van der Waals surface area contributed by atoms with Gasteiger partial charge in [-0.2, -0.15) is 0 Å². The fourth-order valence-electron chi connectivity index (χ4n) is 1.77. The summed E-state index contributed by atoms with van der Waals surface area (Å²) in [7, 11) is 0. The van der Waals surface area contributed by atoms with Crippen LogP contribution in [0, 0.1) is 11.8 Å². The number of hydrogen-bond donors (Lipinski definition) is 0. The van der Waals surface area contributed by atoms with Gasteiger partial charge in [-0.1, -0.05) is 51.0 Å². The average Bonchev–Trinajstić information content (AvgIpc) is 2.05. The van der Waals surface area contributed by atoms with Crippen molar-refractivity contribution in [3.63, 3.8) is 0 Å². The fraction of sp³-hybridized carbons (Fsp3) is 0.667. The summed E-state index contributed by atoms with van der Waals surface area (Å²) in [4.78, 5) is 0. The highest BCUT2D eigenvalue weighted by Gasteiger charge is 2.12. The van der Waals surface area contributed by atoms with Crippen LogP contribution in [0.25, 0.3) is 0 Å². The van der Waals surface area contributed by atoms with E-state index >= 15 is 0 Å². The molecule has 0 saturated heterocycles. The van der Waals surface area contributed by atoms with Gasteiger partial charge in [0, 0.05) is 0 Å². The molecule has 0 aromatic carbocycles. The summed E-state index contributed by atoms with van der Waals surface area (Å²) in [6.07, 6.45) is 10.8. The van der Waals surface area contributed by atoms with Gasteiger partial charge in [-0.05, 0) is 24.7 Å². The Hall–Kier alpha value is -0.520. The Bertz CT molecular complexity index is 184.